The van der Waals surface area contributed by atoms with Gasteiger partial charge in [-0.15, -0.1) is 0 Å². The van der Waals surface area contributed by atoms with E-state index in [0.29, 0.717) is 0 Å². The van der Waals surface area contributed by atoms with E-state index in [0.717, 1.165) is 13.1 Å². The summed E-state index contributed by atoms with van der Waals surface area (Å²) in [6, 6.07) is 46.1. The van der Waals surface area contributed by atoms with E-state index in [-0.39, 0.29) is 36.1 Å². The van der Waals surface area contributed by atoms with Crippen molar-refractivity contribution in [2.24, 2.45) is 0 Å². The van der Waals surface area contributed by atoms with Crippen molar-refractivity contribution in [2.45, 2.75) is 92.9 Å². The molecule has 4 atom stereocenters. The minimum atomic E-state index is 0. The van der Waals surface area contributed by atoms with Crippen molar-refractivity contribution in [1.29, 1.82) is 0 Å². The number of halogens is 1. The second-order valence-corrected chi connectivity index (χ2v) is 16.6. The van der Waals surface area contributed by atoms with Crippen molar-refractivity contribution in [3.8, 4) is 0 Å². The van der Waals surface area contributed by atoms with Gasteiger partial charge in [0.15, 0.2) is 0 Å². The summed E-state index contributed by atoms with van der Waals surface area (Å²) in [7, 11) is 0. The van der Waals surface area contributed by atoms with E-state index < -0.39 is 0 Å². The molecule has 1 aliphatic rings. The molecule has 0 unspecified atom stereocenters. The van der Waals surface area contributed by atoms with Crippen LogP contribution in [-0.2, 0) is 0 Å². The van der Waals surface area contributed by atoms with Crippen LogP contribution in [0.1, 0.15) is 129 Å². The highest BCUT2D eigenvalue weighted by atomic mass is 35.5. The van der Waals surface area contributed by atoms with Crippen molar-refractivity contribution in [1.82, 2.24) is 0 Å². The molecule has 0 aromatic heterocycles. The van der Waals surface area contributed by atoms with E-state index in [1.165, 1.54) is 89.3 Å². The summed E-state index contributed by atoms with van der Waals surface area (Å²) in [4.78, 5) is 2.59. The zero-order valence-electron chi connectivity index (χ0n) is 35.1. The number of hydrogen-bond donors (Lipinski definition) is 0. The molecular weight excluding hydrogens is 700 g/mol. The highest BCUT2D eigenvalue weighted by Gasteiger charge is 2.34. The Bertz CT molecular complexity index is 2240. The lowest BCUT2D eigenvalue weighted by atomic mass is 9.83. The number of aryl methyl sites for hydroxylation is 6. The average molecular weight is 760 g/mol. The van der Waals surface area contributed by atoms with Gasteiger partial charge in [0.2, 0.25) is 6.34 Å². The van der Waals surface area contributed by atoms with Crippen LogP contribution < -0.4 is 17.3 Å². The smallest absolute Gasteiger partial charge is 0.244 e. The standard InChI is InChI=1S/C53H59N2.ClH/c1-34-15-11-19-44(25-34)40(7)48-29-38(5)30-49(41(8)45-20-12-16-35(2)26-45)52(48)54-23-24-55(33-54)53-50(42(9)46-21-13-17-36(3)27-46)31-39(6)32-51(53)43(10)47-22-14-18-37(4)28-47;/h11-22,25-33,40-43H,23-24H2,1-10H3;1H/q+1;/p-1/t40-,41-,42+,43+;. The van der Waals surface area contributed by atoms with Crippen LogP contribution in [0.15, 0.2) is 121 Å². The number of nitrogens with zero attached hydrogens (tertiary/aromatic N) is 2. The predicted molar refractivity (Wildman–Crippen MR) is 235 cm³/mol. The van der Waals surface area contributed by atoms with Gasteiger partial charge < -0.3 is 12.4 Å². The fourth-order valence-corrected chi connectivity index (χ4v) is 8.97. The second-order valence-electron chi connectivity index (χ2n) is 16.6. The molecule has 0 bridgehead atoms. The maximum absolute atomic E-state index is 2.59. The summed E-state index contributed by atoms with van der Waals surface area (Å²) < 4.78 is 2.59. The molecule has 0 fully saturated rings. The molecule has 0 amide bonds. The van der Waals surface area contributed by atoms with Gasteiger partial charge >= 0.3 is 0 Å². The number of anilines is 1. The molecule has 288 valence electrons. The highest BCUT2D eigenvalue weighted by Crippen LogP contribution is 2.44. The maximum atomic E-state index is 2.59. The van der Waals surface area contributed by atoms with Gasteiger partial charge in [0, 0.05) is 45.9 Å². The third kappa shape index (κ3) is 8.42. The first-order valence-corrected chi connectivity index (χ1v) is 20.3. The summed E-state index contributed by atoms with van der Waals surface area (Å²) in [5.74, 6) is 0.922. The molecule has 1 heterocycles. The Morgan fingerprint density at radius 2 is 0.750 bits per heavy atom. The topological polar surface area (TPSA) is 6.25 Å². The van der Waals surface area contributed by atoms with E-state index in [2.05, 4.69) is 206 Å². The van der Waals surface area contributed by atoms with E-state index in [4.69, 9.17) is 0 Å². The first kappa shape index (κ1) is 40.7. The van der Waals surface area contributed by atoms with Crippen LogP contribution in [0, 0.1) is 41.5 Å². The molecule has 6 aromatic rings. The van der Waals surface area contributed by atoms with Gasteiger partial charge in [-0.3, -0.25) is 0 Å². The van der Waals surface area contributed by atoms with Crippen molar-refractivity contribution >= 4 is 17.7 Å². The van der Waals surface area contributed by atoms with Crippen molar-refractivity contribution in [2.75, 3.05) is 18.0 Å². The van der Waals surface area contributed by atoms with Crippen molar-refractivity contribution in [3.05, 3.63) is 199 Å². The van der Waals surface area contributed by atoms with Crippen molar-refractivity contribution < 1.29 is 17.0 Å². The van der Waals surface area contributed by atoms with Gasteiger partial charge in [-0.1, -0.05) is 182 Å². The fraction of sp³-hybridized carbons (Fsp3) is 0.302. The molecule has 0 saturated heterocycles. The first-order valence-electron chi connectivity index (χ1n) is 20.3. The van der Waals surface area contributed by atoms with Crippen LogP contribution >= 0.6 is 0 Å². The molecule has 1 aliphatic heterocycles. The highest BCUT2D eigenvalue weighted by molar-refractivity contribution is 5.84. The third-order valence-electron chi connectivity index (χ3n) is 12.1. The fourth-order valence-electron chi connectivity index (χ4n) is 8.97. The van der Waals surface area contributed by atoms with E-state index >= 15 is 0 Å². The lowest BCUT2D eigenvalue weighted by Crippen LogP contribution is -3.00. The molecule has 3 heteroatoms. The number of rotatable bonds is 10. The normalized spacial score (nSPS) is 14.8. The Kier molecular flexibility index (Phi) is 12.4. The monoisotopic (exact) mass is 758 g/mol. The Morgan fingerprint density at radius 3 is 1.09 bits per heavy atom. The van der Waals surface area contributed by atoms with E-state index in [9.17, 15) is 0 Å². The molecule has 0 aliphatic carbocycles. The van der Waals surface area contributed by atoms with Crippen LogP contribution in [0.2, 0.25) is 0 Å². The lowest BCUT2D eigenvalue weighted by Gasteiger charge is -2.25. The van der Waals surface area contributed by atoms with Crippen LogP contribution in [0.5, 0.6) is 0 Å². The summed E-state index contributed by atoms with van der Waals surface area (Å²) in [5, 5.41) is 0. The average Bonchev–Trinajstić information content (AvgIpc) is 3.65. The van der Waals surface area contributed by atoms with Crippen LogP contribution in [0.4, 0.5) is 11.4 Å². The Balaban J connectivity index is 0.00000532. The minimum absolute atomic E-state index is 0. The number of hydrogen-bond acceptors (Lipinski definition) is 1. The summed E-state index contributed by atoms with van der Waals surface area (Å²) in [6.07, 6.45) is 2.45. The molecule has 7 rings (SSSR count). The molecular formula is C53H59ClN2. The molecule has 6 aromatic carbocycles. The molecule has 0 spiro atoms. The third-order valence-corrected chi connectivity index (χ3v) is 12.1. The molecule has 0 saturated carbocycles. The Morgan fingerprint density at radius 1 is 0.429 bits per heavy atom. The number of benzene rings is 6. The quantitative estimate of drug-likeness (QED) is 0.126. The second kappa shape index (κ2) is 17.1. The molecule has 2 nitrogen and oxygen atoms in total. The van der Waals surface area contributed by atoms with Gasteiger partial charge in [-0.2, -0.15) is 0 Å². The Hall–Kier alpha value is -4.92. The van der Waals surface area contributed by atoms with Crippen LogP contribution in [-0.4, -0.2) is 24.0 Å². The van der Waals surface area contributed by atoms with Crippen molar-refractivity contribution in [3.63, 3.8) is 0 Å². The Labute approximate surface area is 343 Å². The first-order chi connectivity index (χ1) is 26.4. The molecule has 0 radical (unpaired) electrons. The van der Waals surface area contributed by atoms with Gasteiger partial charge in [0.1, 0.15) is 24.5 Å². The van der Waals surface area contributed by atoms with E-state index in [1.54, 1.807) is 0 Å². The maximum Gasteiger partial charge on any atom is 0.244 e. The van der Waals surface area contributed by atoms with Crippen LogP contribution in [0.25, 0.3) is 0 Å². The zero-order chi connectivity index (χ0) is 39.0. The zero-order valence-corrected chi connectivity index (χ0v) is 35.9. The van der Waals surface area contributed by atoms with Crippen LogP contribution in [0.3, 0.4) is 0 Å². The summed E-state index contributed by atoms with van der Waals surface area (Å²) in [6.45, 7) is 24.8. The SMILES string of the molecule is Cc1cccc([C@@H](C)c2cc(C)cc([C@H](C)c3cccc(C)c3)c2N2C=[N+](c3c([C@@H](C)c4cccc(C)c4)cc(C)cc3[C@@H](C)c3cccc(C)c3)CC2)c1.[Cl-]. The molecule has 0 N–H and O–H groups in total. The largest absolute Gasteiger partial charge is 1.00 e. The summed E-state index contributed by atoms with van der Waals surface area (Å²) >= 11 is 0. The minimum Gasteiger partial charge on any atom is -1.00 e. The summed E-state index contributed by atoms with van der Waals surface area (Å²) in [5.41, 5.74) is 21.5. The lowest BCUT2D eigenvalue weighted by molar-refractivity contribution is -0.425. The predicted octanol–water partition coefficient (Wildman–Crippen LogP) is 10.3. The molecule has 56 heavy (non-hydrogen) atoms. The van der Waals surface area contributed by atoms with Gasteiger partial charge in [0.25, 0.3) is 0 Å². The van der Waals surface area contributed by atoms with Gasteiger partial charge in [0.05, 0.1) is 0 Å². The van der Waals surface area contributed by atoms with Gasteiger partial charge in [-0.25, -0.2) is 9.48 Å². The van der Waals surface area contributed by atoms with Gasteiger partial charge in [-0.05, 0) is 63.8 Å². The van der Waals surface area contributed by atoms with E-state index in [1.807, 2.05) is 0 Å².